The maximum atomic E-state index is 5.74. The molecule has 0 aromatic rings. The van der Waals surface area contributed by atoms with Crippen LogP contribution in [0.3, 0.4) is 0 Å². The lowest BCUT2D eigenvalue weighted by molar-refractivity contribution is 0.207. The number of hydrogen-bond acceptors (Lipinski definition) is 5. The Bertz CT molecular complexity index is 243. The Morgan fingerprint density at radius 2 is 2.38 bits per heavy atom. The van der Waals surface area contributed by atoms with Crippen molar-refractivity contribution >= 4 is 34.3 Å². The molecule has 0 saturated carbocycles. The zero-order valence-corrected chi connectivity index (χ0v) is 8.59. The fourth-order valence-electron chi connectivity index (χ4n) is 0.780. The lowest BCUT2D eigenvalue weighted by Crippen LogP contribution is -2.42. The molecule has 0 fully saturated rings. The maximum Gasteiger partial charge on any atom is 0.217 e. The molecule has 1 aliphatic rings. The summed E-state index contributed by atoms with van der Waals surface area (Å²) >= 11 is 11.4. The van der Waals surface area contributed by atoms with Crippen LogP contribution in [0.25, 0.3) is 0 Å². The van der Waals surface area contributed by atoms with E-state index in [1.54, 1.807) is 7.11 Å². The van der Waals surface area contributed by atoms with Crippen molar-refractivity contribution in [3.63, 3.8) is 0 Å². The van der Waals surface area contributed by atoms with E-state index in [0.29, 0.717) is 18.9 Å². The second-order valence-corrected chi connectivity index (χ2v) is 3.12. The first-order valence-electron chi connectivity index (χ1n) is 3.63. The fourth-order valence-corrected chi connectivity index (χ4v) is 1.23. The van der Waals surface area contributed by atoms with E-state index >= 15 is 0 Å². The molecule has 1 aliphatic heterocycles. The predicted octanol–water partition coefficient (Wildman–Crippen LogP) is 0.728. The summed E-state index contributed by atoms with van der Waals surface area (Å²) in [6.45, 7) is 0.528. The van der Waals surface area contributed by atoms with E-state index in [9.17, 15) is 0 Å². The monoisotopic (exact) mass is 224 g/mol. The van der Waals surface area contributed by atoms with Gasteiger partial charge in [0.2, 0.25) is 10.9 Å². The molecule has 0 aliphatic carbocycles. The fraction of sp³-hybridized carbons (Fsp3) is 0.667. The van der Waals surface area contributed by atoms with Gasteiger partial charge >= 0.3 is 0 Å². The van der Waals surface area contributed by atoms with Crippen molar-refractivity contribution in [2.24, 2.45) is 15.8 Å². The number of alkyl halides is 1. The Morgan fingerprint density at radius 1 is 1.69 bits per heavy atom. The van der Waals surface area contributed by atoms with E-state index in [0.717, 1.165) is 5.01 Å². The van der Waals surface area contributed by atoms with Crippen LogP contribution in [0.4, 0.5) is 0 Å². The lowest BCUT2D eigenvalue weighted by atomic mass is 10.4. The minimum Gasteiger partial charge on any atom is -0.384 e. The molecule has 2 N–H and O–H groups in total. The van der Waals surface area contributed by atoms with Gasteiger partial charge in [-0.05, 0) is 11.6 Å². The second kappa shape index (κ2) is 4.76. The topological polar surface area (TPSA) is 63.2 Å². The molecule has 7 heteroatoms. The third-order valence-electron chi connectivity index (χ3n) is 1.45. The van der Waals surface area contributed by atoms with E-state index in [2.05, 4.69) is 9.98 Å². The highest BCUT2D eigenvalue weighted by molar-refractivity contribution is 6.65. The van der Waals surface area contributed by atoms with Crippen molar-refractivity contribution in [2.45, 2.75) is 12.0 Å². The Kier molecular flexibility index (Phi) is 3.92. The molecular weight excluding hydrogens is 215 g/mol. The molecule has 74 valence electrons. The maximum absolute atomic E-state index is 5.74. The number of methoxy groups -OCH3 is 1. The van der Waals surface area contributed by atoms with Crippen molar-refractivity contribution < 1.29 is 4.74 Å². The third kappa shape index (κ3) is 2.80. The molecule has 0 aromatic heterocycles. The summed E-state index contributed by atoms with van der Waals surface area (Å²) in [5.41, 5.74) is -0.683. The van der Waals surface area contributed by atoms with Gasteiger partial charge in [-0.25, -0.2) is 20.8 Å². The SMILES string of the molecule is COCCC1=NC(Cl)N(N)C(Cl)=N1. The molecule has 13 heavy (non-hydrogen) atoms. The van der Waals surface area contributed by atoms with Gasteiger partial charge in [-0.15, -0.1) is 0 Å². The molecule has 0 radical (unpaired) electrons. The zero-order chi connectivity index (χ0) is 9.84. The molecule has 0 saturated heterocycles. The number of hydrogen-bond donors (Lipinski definition) is 1. The van der Waals surface area contributed by atoms with Gasteiger partial charge in [0.1, 0.15) is 5.84 Å². The average Bonchev–Trinajstić information content (AvgIpc) is 2.10. The molecule has 5 nitrogen and oxygen atoms in total. The van der Waals surface area contributed by atoms with Crippen molar-refractivity contribution in [3.05, 3.63) is 0 Å². The number of nitrogens with two attached hydrogens (primary N) is 1. The van der Waals surface area contributed by atoms with Gasteiger partial charge in [0.05, 0.1) is 6.61 Å². The van der Waals surface area contributed by atoms with Gasteiger partial charge in [0, 0.05) is 13.5 Å². The molecule has 1 unspecified atom stereocenters. The Labute approximate surface area is 86.1 Å². The van der Waals surface area contributed by atoms with E-state index in [-0.39, 0.29) is 5.29 Å². The quantitative estimate of drug-likeness (QED) is 0.437. The molecular formula is C6H10Cl2N4O. The van der Waals surface area contributed by atoms with Crippen LogP contribution in [0.5, 0.6) is 0 Å². The normalized spacial score (nSPS) is 22.8. The minimum absolute atomic E-state index is 0.140. The number of halogens is 2. The highest BCUT2D eigenvalue weighted by Crippen LogP contribution is 2.12. The van der Waals surface area contributed by atoms with Gasteiger partial charge in [-0.3, -0.25) is 0 Å². The van der Waals surface area contributed by atoms with Crippen molar-refractivity contribution in [2.75, 3.05) is 13.7 Å². The van der Waals surface area contributed by atoms with Crippen LogP contribution in [-0.4, -0.2) is 35.5 Å². The van der Waals surface area contributed by atoms with E-state index in [1.807, 2.05) is 0 Å². The first-order valence-corrected chi connectivity index (χ1v) is 4.44. The summed E-state index contributed by atoms with van der Waals surface area (Å²) in [4.78, 5) is 7.90. The van der Waals surface area contributed by atoms with Crippen molar-refractivity contribution in [1.29, 1.82) is 0 Å². The summed E-state index contributed by atoms with van der Waals surface area (Å²) in [6, 6.07) is 0. The van der Waals surface area contributed by atoms with Crippen LogP contribution in [0.2, 0.25) is 0 Å². The summed E-state index contributed by atoms with van der Waals surface area (Å²) in [5.74, 6) is 5.96. The van der Waals surface area contributed by atoms with Gasteiger partial charge < -0.3 is 4.74 Å². The van der Waals surface area contributed by atoms with Crippen LogP contribution in [-0.2, 0) is 4.74 Å². The van der Waals surface area contributed by atoms with Crippen LogP contribution < -0.4 is 5.84 Å². The summed E-state index contributed by atoms with van der Waals surface area (Å²) in [7, 11) is 1.60. The highest BCUT2D eigenvalue weighted by Gasteiger charge is 2.20. The van der Waals surface area contributed by atoms with E-state index < -0.39 is 5.62 Å². The minimum atomic E-state index is -0.683. The van der Waals surface area contributed by atoms with E-state index in [1.165, 1.54) is 0 Å². The molecule has 1 rings (SSSR count). The second-order valence-electron chi connectivity index (χ2n) is 2.39. The Hall–Kier alpha value is -0.360. The van der Waals surface area contributed by atoms with Gasteiger partial charge in [0.25, 0.3) is 0 Å². The summed E-state index contributed by atoms with van der Waals surface area (Å²) in [6.07, 6.45) is 0.573. The average molecular weight is 225 g/mol. The van der Waals surface area contributed by atoms with Gasteiger partial charge in [-0.2, -0.15) is 0 Å². The zero-order valence-electron chi connectivity index (χ0n) is 7.07. The van der Waals surface area contributed by atoms with Crippen LogP contribution in [0.1, 0.15) is 6.42 Å². The number of aliphatic imine (C=N–C) groups is 2. The Morgan fingerprint density at radius 3 is 2.92 bits per heavy atom. The number of nitrogens with zero attached hydrogens (tertiary/aromatic N) is 3. The first kappa shape index (κ1) is 10.7. The molecule has 0 amide bonds. The lowest BCUT2D eigenvalue weighted by Gasteiger charge is -2.23. The molecule has 1 heterocycles. The van der Waals surface area contributed by atoms with Gasteiger partial charge in [0.15, 0.2) is 0 Å². The van der Waals surface area contributed by atoms with Crippen LogP contribution in [0.15, 0.2) is 9.98 Å². The number of amidine groups is 2. The molecule has 0 bridgehead atoms. The van der Waals surface area contributed by atoms with E-state index in [4.69, 9.17) is 33.8 Å². The summed E-state index contributed by atoms with van der Waals surface area (Å²) < 4.78 is 4.86. The van der Waals surface area contributed by atoms with Crippen LogP contribution >= 0.6 is 23.2 Å². The molecule has 0 aromatic carbocycles. The first-order chi connectivity index (χ1) is 6.15. The van der Waals surface area contributed by atoms with Crippen molar-refractivity contribution in [3.8, 4) is 0 Å². The van der Waals surface area contributed by atoms with Gasteiger partial charge in [-0.1, -0.05) is 11.6 Å². The smallest absolute Gasteiger partial charge is 0.217 e. The van der Waals surface area contributed by atoms with Crippen molar-refractivity contribution in [1.82, 2.24) is 5.01 Å². The predicted molar refractivity (Wildman–Crippen MR) is 52.9 cm³/mol. The Balaban J connectivity index is 2.61. The summed E-state index contributed by atoms with van der Waals surface area (Å²) in [5, 5.41) is 1.22. The third-order valence-corrected chi connectivity index (χ3v) is 2.04. The molecule has 1 atom stereocenters. The standard InChI is InChI=1S/C6H10Cl2N4O/c1-13-3-2-4-10-5(7)12(9)6(8)11-4/h5H,2-3,9H2,1H3. The van der Waals surface area contributed by atoms with Crippen LogP contribution in [0, 0.1) is 0 Å². The number of hydrazine groups is 1. The number of rotatable bonds is 3. The molecule has 0 spiro atoms. The largest absolute Gasteiger partial charge is 0.384 e. The number of ether oxygens (including phenoxy) is 1. The highest BCUT2D eigenvalue weighted by atomic mass is 35.5.